The Morgan fingerprint density at radius 3 is 2.25 bits per heavy atom. The van der Waals surface area contributed by atoms with Crippen LogP contribution < -0.4 is 5.73 Å². The lowest BCUT2D eigenvalue weighted by Gasteiger charge is -2.11. The minimum Gasteiger partial charge on any atom is -0.325 e. The first-order valence-corrected chi connectivity index (χ1v) is 4.14. The maximum atomic E-state index is 13.2. The molecule has 66 valence electrons. The highest BCUT2D eigenvalue weighted by molar-refractivity contribution is 6.30. The molecular weight excluding hydrogens is 177 g/mol. The normalized spacial score (nSPS) is 15.7. The van der Waals surface area contributed by atoms with Crippen molar-refractivity contribution in [3.05, 3.63) is 34.9 Å². The highest BCUT2D eigenvalue weighted by atomic mass is 35.5. The Labute approximate surface area is 76.3 Å². The van der Waals surface area contributed by atoms with Crippen LogP contribution in [0, 0.1) is 0 Å². The summed E-state index contributed by atoms with van der Waals surface area (Å²) < 4.78 is 13.2. The van der Waals surface area contributed by atoms with E-state index >= 15 is 0 Å². The molecule has 0 aliphatic heterocycles. The number of halogens is 2. The molecule has 1 aromatic carbocycles. The van der Waals surface area contributed by atoms with Crippen LogP contribution in [0.1, 0.15) is 18.7 Å². The molecule has 0 heterocycles. The summed E-state index contributed by atoms with van der Waals surface area (Å²) >= 11 is 5.64. The summed E-state index contributed by atoms with van der Waals surface area (Å²) in [4.78, 5) is 0. The number of hydrogen-bond donors (Lipinski definition) is 1. The van der Waals surface area contributed by atoms with Gasteiger partial charge in [-0.3, -0.25) is 0 Å². The smallest absolute Gasteiger partial charge is 0.140 e. The van der Waals surface area contributed by atoms with Gasteiger partial charge in [0, 0.05) is 11.1 Å². The third-order valence-electron chi connectivity index (χ3n) is 1.65. The lowest BCUT2D eigenvalue weighted by molar-refractivity contribution is 0.300. The third-order valence-corrected chi connectivity index (χ3v) is 1.90. The maximum Gasteiger partial charge on any atom is 0.140 e. The fourth-order valence-corrected chi connectivity index (χ4v) is 1.08. The minimum atomic E-state index is -1.11. The summed E-state index contributed by atoms with van der Waals surface area (Å²) in [5, 5.41) is 0.607. The first-order valence-electron chi connectivity index (χ1n) is 3.76. The van der Waals surface area contributed by atoms with E-state index in [1.54, 1.807) is 31.2 Å². The molecule has 0 fully saturated rings. The summed E-state index contributed by atoms with van der Waals surface area (Å²) in [7, 11) is 0. The average Bonchev–Trinajstić information content (AvgIpc) is 2.04. The van der Waals surface area contributed by atoms with Gasteiger partial charge in [-0.05, 0) is 24.6 Å². The fourth-order valence-electron chi connectivity index (χ4n) is 0.950. The zero-order valence-electron chi connectivity index (χ0n) is 6.80. The summed E-state index contributed by atoms with van der Waals surface area (Å²) in [5.41, 5.74) is 5.98. The minimum absolute atomic E-state index is 0.480. The predicted octanol–water partition coefficient (Wildman–Crippen LogP) is 2.70. The molecular formula is C9H11ClFN. The van der Waals surface area contributed by atoms with Crippen LogP contribution in [0.3, 0.4) is 0 Å². The Kier molecular flexibility index (Phi) is 3.06. The third kappa shape index (κ3) is 2.19. The van der Waals surface area contributed by atoms with Gasteiger partial charge in [0.05, 0.1) is 0 Å². The van der Waals surface area contributed by atoms with Crippen molar-refractivity contribution >= 4 is 11.6 Å². The number of hydrogen-bond acceptors (Lipinski definition) is 1. The summed E-state index contributed by atoms with van der Waals surface area (Å²) in [5.74, 6) is 0. The van der Waals surface area contributed by atoms with Crippen LogP contribution in [0.5, 0.6) is 0 Å². The molecule has 2 atom stereocenters. The van der Waals surface area contributed by atoms with Gasteiger partial charge in [-0.15, -0.1) is 0 Å². The molecule has 0 aliphatic rings. The Morgan fingerprint density at radius 1 is 1.33 bits per heavy atom. The zero-order chi connectivity index (χ0) is 9.14. The SMILES string of the molecule is C[C@H](N)[C@H](F)c1ccc(Cl)cc1. The number of rotatable bonds is 2. The summed E-state index contributed by atoms with van der Waals surface area (Å²) in [6, 6.07) is 6.14. The molecule has 0 aliphatic carbocycles. The molecule has 1 aromatic rings. The maximum absolute atomic E-state index is 13.2. The van der Waals surface area contributed by atoms with Crippen LogP contribution >= 0.6 is 11.6 Å². The Morgan fingerprint density at radius 2 is 1.83 bits per heavy atom. The standard InChI is InChI=1S/C9H11ClFN/c1-6(12)9(11)7-2-4-8(10)5-3-7/h2-6,9H,12H2,1H3/t6-,9-/m0/s1. The van der Waals surface area contributed by atoms with Crippen LogP contribution in [0.15, 0.2) is 24.3 Å². The number of alkyl halides is 1. The second-order valence-electron chi connectivity index (χ2n) is 2.81. The average molecular weight is 188 g/mol. The predicted molar refractivity (Wildman–Crippen MR) is 49.0 cm³/mol. The molecule has 2 N–H and O–H groups in total. The Hall–Kier alpha value is -0.600. The summed E-state index contributed by atoms with van der Waals surface area (Å²) in [6.45, 7) is 1.64. The number of nitrogens with two attached hydrogens (primary N) is 1. The topological polar surface area (TPSA) is 26.0 Å². The van der Waals surface area contributed by atoms with E-state index in [0.717, 1.165) is 0 Å². The highest BCUT2D eigenvalue weighted by Gasteiger charge is 2.13. The van der Waals surface area contributed by atoms with Gasteiger partial charge in [-0.25, -0.2) is 4.39 Å². The summed E-state index contributed by atoms with van der Waals surface area (Å²) in [6.07, 6.45) is -1.11. The molecule has 0 spiro atoms. The quantitative estimate of drug-likeness (QED) is 0.757. The molecule has 0 saturated heterocycles. The molecule has 0 amide bonds. The van der Waals surface area contributed by atoms with Crippen molar-refractivity contribution in [3.63, 3.8) is 0 Å². The second-order valence-corrected chi connectivity index (χ2v) is 3.25. The highest BCUT2D eigenvalue weighted by Crippen LogP contribution is 2.21. The van der Waals surface area contributed by atoms with Gasteiger partial charge in [-0.1, -0.05) is 23.7 Å². The van der Waals surface area contributed by atoms with Crippen LogP contribution in [0.25, 0.3) is 0 Å². The van der Waals surface area contributed by atoms with E-state index in [-0.39, 0.29) is 0 Å². The first-order chi connectivity index (χ1) is 5.61. The molecule has 1 rings (SSSR count). The molecule has 0 saturated carbocycles. The molecule has 1 nitrogen and oxygen atoms in total. The van der Waals surface area contributed by atoms with E-state index < -0.39 is 12.2 Å². The van der Waals surface area contributed by atoms with E-state index in [9.17, 15) is 4.39 Å². The fraction of sp³-hybridized carbons (Fsp3) is 0.333. The lowest BCUT2D eigenvalue weighted by atomic mass is 10.1. The van der Waals surface area contributed by atoms with Crippen LogP contribution in [0.2, 0.25) is 5.02 Å². The lowest BCUT2D eigenvalue weighted by Crippen LogP contribution is -2.21. The Balaban J connectivity index is 2.82. The first kappa shape index (κ1) is 9.49. The van der Waals surface area contributed by atoms with Crippen molar-refractivity contribution in [2.24, 2.45) is 5.73 Å². The number of benzene rings is 1. The van der Waals surface area contributed by atoms with E-state index in [1.807, 2.05) is 0 Å². The largest absolute Gasteiger partial charge is 0.325 e. The second kappa shape index (κ2) is 3.87. The molecule has 12 heavy (non-hydrogen) atoms. The molecule has 0 aromatic heterocycles. The monoisotopic (exact) mass is 187 g/mol. The van der Waals surface area contributed by atoms with Gasteiger partial charge in [-0.2, -0.15) is 0 Å². The Bertz CT molecular complexity index is 245. The molecule has 0 bridgehead atoms. The van der Waals surface area contributed by atoms with Crippen molar-refractivity contribution in [2.75, 3.05) is 0 Å². The van der Waals surface area contributed by atoms with E-state index in [0.29, 0.717) is 10.6 Å². The van der Waals surface area contributed by atoms with Crippen LogP contribution in [-0.2, 0) is 0 Å². The van der Waals surface area contributed by atoms with Gasteiger partial charge >= 0.3 is 0 Å². The van der Waals surface area contributed by atoms with Gasteiger partial charge in [0.1, 0.15) is 6.17 Å². The molecule has 3 heteroatoms. The van der Waals surface area contributed by atoms with E-state index in [4.69, 9.17) is 17.3 Å². The van der Waals surface area contributed by atoms with Gasteiger partial charge < -0.3 is 5.73 Å². The molecule has 0 radical (unpaired) electrons. The van der Waals surface area contributed by atoms with Gasteiger partial charge in [0.25, 0.3) is 0 Å². The van der Waals surface area contributed by atoms with Crippen molar-refractivity contribution in [3.8, 4) is 0 Å². The van der Waals surface area contributed by atoms with E-state index in [2.05, 4.69) is 0 Å². The van der Waals surface area contributed by atoms with Crippen LogP contribution in [0.4, 0.5) is 4.39 Å². The van der Waals surface area contributed by atoms with Gasteiger partial charge in [0.15, 0.2) is 0 Å². The molecule has 0 unspecified atom stereocenters. The van der Waals surface area contributed by atoms with Crippen molar-refractivity contribution in [1.82, 2.24) is 0 Å². The van der Waals surface area contributed by atoms with Crippen molar-refractivity contribution < 1.29 is 4.39 Å². The van der Waals surface area contributed by atoms with Crippen LogP contribution in [-0.4, -0.2) is 6.04 Å². The zero-order valence-corrected chi connectivity index (χ0v) is 7.55. The van der Waals surface area contributed by atoms with Crippen molar-refractivity contribution in [1.29, 1.82) is 0 Å². The van der Waals surface area contributed by atoms with E-state index in [1.165, 1.54) is 0 Å². The van der Waals surface area contributed by atoms with Gasteiger partial charge in [0.2, 0.25) is 0 Å². The van der Waals surface area contributed by atoms with Crippen molar-refractivity contribution in [2.45, 2.75) is 19.1 Å².